The van der Waals surface area contributed by atoms with E-state index in [0.29, 0.717) is 0 Å². The molecule has 14 heavy (non-hydrogen) atoms. The lowest BCUT2D eigenvalue weighted by molar-refractivity contribution is 0.0509. The van der Waals surface area contributed by atoms with E-state index in [2.05, 4.69) is 5.32 Å². The zero-order valence-corrected chi connectivity index (χ0v) is 8.56. The molecule has 1 aliphatic rings. The Labute approximate surface area is 81.8 Å². The predicted molar refractivity (Wildman–Crippen MR) is 47.3 cm³/mol. The quantitative estimate of drug-likeness (QED) is 0.753. The van der Waals surface area contributed by atoms with Gasteiger partial charge in [-0.2, -0.15) is 0 Å². The molecule has 82 valence electrons. The summed E-state index contributed by atoms with van der Waals surface area (Å²) in [5.74, 6) is -3.30. The van der Waals surface area contributed by atoms with E-state index >= 15 is 0 Å². The summed E-state index contributed by atoms with van der Waals surface area (Å²) in [6.45, 7) is 5.15. The molecule has 1 fully saturated rings. The van der Waals surface area contributed by atoms with Crippen LogP contribution in [0, 0.1) is 5.92 Å². The second-order valence-corrected chi connectivity index (χ2v) is 4.54. The molecule has 1 N–H and O–H groups in total. The molecule has 0 aromatic rings. The van der Waals surface area contributed by atoms with Gasteiger partial charge in [-0.25, -0.2) is 13.6 Å². The van der Waals surface area contributed by atoms with Crippen LogP contribution in [-0.2, 0) is 4.74 Å². The number of alkyl halides is 2. The Morgan fingerprint density at radius 3 is 2.43 bits per heavy atom. The molecule has 1 rings (SSSR count). The monoisotopic (exact) mass is 207 g/mol. The summed E-state index contributed by atoms with van der Waals surface area (Å²) in [5.41, 5.74) is -0.587. The molecular weight excluding hydrogens is 192 g/mol. The van der Waals surface area contributed by atoms with Crippen LogP contribution in [0.4, 0.5) is 13.6 Å². The SMILES string of the molecule is CC(C)(C)OC(=O)NCC1CC1(F)F. The summed E-state index contributed by atoms with van der Waals surface area (Å²) >= 11 is 0. The summed E-state index contributed by atoms with van der Waals surface area (Å²) in [6, 6.07) is 0. The highest BCUT2D eigenvalue weighted by molar-refractivity contribution is 5.67. The summed E-state index contributed by atoms with van der Waals surface area (Å²) in [5, 5.41) is 2.32. The van der Waals surface area contributed by atoms with Crippen LogP contribution in [-0.4, -0.2) is 24.2 Å². The van der Waals surface area contributed by atoms with Crippen molar-refractivity contribution in [1.82, 2.24) is 5.32 Å². The van der Waals surface area contributed by atoms with Gasteiger partial charge in [0.05, 0.1) is 0 Å². The van der Waals surface area contributed by atoms with Gasteiger partial charge in [0.1, 0.15) is 5.60 Å². The molecule has 0 aromatic heterocycles. The van der Waals surface area contributed by atoms with Crippen molar-refractivity contribution in [2.45, 2.75) is 38.7 Å². The first-order valence-electron chi connectivity index (χ1n) is 4.55. The molecule has 1 unspecified atom stereocenters. The van der Waals surface area contributed by atoms with E-state index in [4.69, 9.17) is 4.74 Å². The van der Waals surface area contributed by atoms with Gasteiger partial charge in [0.15, 0.2) is 0 Å². The second kappa shape index (κ2) is 3.37. The number of hydrogen-bond acceptors (Lipinski definition) is 2. The van der Waals surface area contributed by atoms with Crippen LogP contribution in [0.15, 0.2) is 0 Å². The number of alkyl carbamates (subject to hydrolysis) is 1. The summed E-state index contributed by atoms with van der Waals surface area (Å²) in [6.07, 6.45) is -0.775. The van der Waals surface area contributed by atoms with E-state index in [1.165, 1.54) is 0 Å². The summed E-state index contributed by atoms with van der Waals surface area (Å²) < 4.78 is 29.7. The fourth-order valence-corrected chi connectivity index (χ4v) is 1.01. The van der Waals surface area contributed by atoms with Crippen molar-refractivity contribution in [3.63, 3.8) is 0 Å². The van der Waals surface area contributed by atoms with Crippen molar-refractivity contribution in [2.75, 3.05) is 6.54 Å². The van der Waals surface area contributed by atoms with Crippen molar-refractivity contribution in [2.24, 2.45) is 5.92 Å². The van der Waals surface area contributed by atoms with Crippen LogP contribution in [0.2, 0.25) is 0 Å². The maximum absolute atomic E-state index is 12.4. The first-order valence-corrected chi connectivity index (χ1v) is 4.55. The third kappa shape index (κ3) is 3.47. The zero-order chi connectivity index (χ0) is 11.0. The maximum atomic E-state index is 12.4. The standard InChI is InChI=1S/C9H15F2NO2/c1-8(2,3)14-7(13)12-5-6-4-9(6,10)11/h6H,4-5H2,1-3H3,(H,12,13). The number of halogens is 2. The lowest BCUT2D eigenvalue weighted by atomic mass is 10.2. The molecule has 0 heterocycles. The molecule has 0 spiro atoms. The highest BCUT2D eigenvalue weighted by atomic mass is 19.3. The van der Waals surface area contributed by atoms with E-state index < -0.39 is 23.5 Å². The van der Waals surface area contributed by atoms with Crippen molar-refractivity contribution in [3.8, 4) is 0 Å². The van der Waals surface area contributed by atoms with Crippen LogP contribution >= 0.6 is 0 Å². The Balaban J connectivity index is 2.17. The Bertz CT molecular complexity index is 235. The van der Waals surface area contributed by atoms with E-state index in [0.717, 1.165) is 0 Å². The largest absolute Gasteiger partial charge is 0.444 e. The molecule has 0 aromatic carbocycles. The molecule has 0 radical (unpaired) electrons. The van der Waals surface area contributed by atoms with Crippen molar-refractivity contribution >= 4 is 6.09 Å². The highest BCUT2D eigenvalue weighted by Gasteiger charge is 2.56. The molecule has 1 saturated carbocycles. The second-order valence-electron chi connectivity index (χ2n) is 4.54. The first-order chi connectivity index (χ1) is 6.21. The number of amides is 1. The Kier molecular flexibility index (Phi) is 2.69. The predicted octanol–water partition coefficient (Wildman–Crippen LogP) is 2.17. The summed E-state index contributed by atoms with van der Waals surface area (Å²) in [4.78, 5) is 11.0. The van der Waals surface area contributed by atoms with Gasteiger partial charge in [0, 0.05) is 18.9 Å². The van der Waals surface area contributed by atoms with Gasteiger partial charge < -0.3 is 10.1 Å². The number of hydrogen-bond donors (Lipinski definition) is 1. The van der Waals surface area contributed by atoms with Crippen LogP contribution < -0.4 is 5.32 Å². The molecule has 0 bridgehead atoms. The molecule has 0 aliphatic heterocycles. The van der Waals surface area contributed by atoms with E-state index in [1.807, 2.05) is 0 Å². The molecule has 0 saturated heterocycles. The number of nitrogens with one attached hydrogen (secondary N) is 1. The first kappa shape index (κ1) is 11.2. The van der Waals surface area contributed by atoms with Gasteiger partial charge in [-0.1, -0.05) is 0 Å². The smallest absolute Gasteiger partial charge is 0.407 e. The lowest BCUT2D eigenvalue weighted by Crippen LogP contribution is -2.34. The topological polar surface area (TPSA) is 38.3 Å². The maximum Gasteiger partial charge on any atom is 0.407 e. The van der Waals surface area contributed by atoms with Crippen molar-refractivity contribution < 1.29 is 18.3 Å². The van der Waals surface area contributed by atoms with Crippen LogP contribution in [0.1, 0.15) is 27.2 Å². The number of ether oxygens (including phenoxy) is 1. The normalized spacial score (nSPS) is 24.2. The highest BCUT2D eigenvalue weighted by Crippen LogP contribution is 2.47. The van der Waals surface area contributed by atoms with E-state index in [9.17, 15) is 13.6 Å². The van der Waals surface area contributed by atoms with Crippen LogP contribution in [0.5, 0.6) is 0 Å². The molecule has 5 heteroatoms. The van der Waals surface area contributed by atoms with Gasteiger partial charge in [-0.3, -0.25) is 0 Å². The van der Waals surface area contributed by atoms with Crippen LogP contribution in [0.25, 0.3) is 0 Å². The molecule has 1 amide bonds. The zero-order valence-electron chi connectivity index (χ0n) is 8.56. The van der Waals surface area contributed by atoms with Gasteiger partial charge in [0.25, 0.3) is 5.92 Å². The lowest BCUT2D eigenvalue weighted by Gasteiger charge is -2.19. The van der Waals surface area contributed by atoms with E-state index in [1.54, 1.807) is 20.8 Å². The minimum Gasteiger partial charge on any atom is -0.444 e. The third-order valence-corrected chi connectivity index (χ3v) is 1.85. The number of carbonyl (C=O) groups is 1. The Morgan fingerprint density at radius 1 is 1.57 bits per heavy atom. The van der Waals surface area contributed by atoms with Crippen LogP contribution in [0.3, 0.4) is 0 Å². The molecule has 3 nitrogen and oxygen atoms in total. The minimum absolute atomic E-state index is 0.0120. The third-order valence-electron chi connectivity index (χ3n) is 1.85. The van der Waals surface area contributed by atoms with Gasteiger partial charge in [-0.05, 0) is 20.8 Å². The average Bonchev–Trinajstić information content (AvgIpc) is 2.51. The minimum atomic E-state index is -2.59. The summed E-state index contributed by atoms with van der Waals surface area (Å²) in [7, 11) is 0. The fraction of sp³-hybridized carbons (Fsp3) is 0.889. The molecular formula is C9H15F2NO2. The molecule has 1 atom stereocenters. The Hall–Kier alpha value is -0.870. The Morgan fingerprint density at radius 2 is 2.07 bits per heavy atom. The van der Waals surface area contributed by atoms with Gasteiger partial charge >= 0.3 is 6.09 Å². The van der Waals surface area contributed by atoms with Crippen molar-refractivity contribution in [3.05, 3.63) is 0 Å². The van der Waals surface area contributed by atoms with Gasteiger partial charge in [-0.15, -0.1) is 0 Å². The van der Waals surface area contributed by atoms with Gasteiger partial charge in [0.2, 0.25) is 0 Å². The fourth-order valence-electron chi connectivity index (χ4n) is 1.01. The molecule has 1 aliphatic carbocycles. The number of carbonyl (C=O) groups excluding carboxylic acids is 1. The average molecular weight is 207 g/mol. The van der Waals surface area contributed by atoms with E-state index in [-0.39, 0.29) is 13.0 Å². The number of rotatable bonds is 2. The van der Waals surface area contributed by atoms with Crippen molar-refractivity contribution in [1.29, 1.82) is 0 Å².